The number of Topliss-reactive ketones (excluding diaryl/α,β-unsaturated/α-hetero) is 3. The van der Waals surface area contributed by atoms with E-state index in [0.29, 0.717) is 62.5 Å². The number of esters is 1. The van der Waals surface area contributed by atoms with Crippen LogP contribution in [0.3, 0.4) is 0 Å². The van der Waals surface area contributed by atoms with Crippen molar-refractivity contribution in [3.8, 4) is 0 Å². The number of ketones is 3. The molecule has 0 aromatic heterocycles. The van der Waals surface area contributed by atoms with Crippen molar-refractivity contribution in [1.29, 1.82) is 0 Å². The third-order valence-electron chi connectivity index (χ3n) is 14.6. The number of nitrogens with zero attached hydrogens (tertiary/aromatic N) is 1. The Balaban J connectivity index is 1.45. The van der Waals surface area contributed by atoms with Crippen LogP contribution in [0, 0.1) is 36.5 Å². The lowest BCUT2D eigenvalue weighted by Gasteiger charge is -2.47. The van der Waals surface area contributed by atoms with E-state index in [1.54, 1.807) is 27.0 Å². The Kier molecular flexibility index (Phi) is 19.5. The minimum absolute atomic E-state index is 0.0205. The normalized spacial score (nSPS) is 37.0. The van der Waals surface area contributed by atoms with Gasteiger partial charge in [-0.2, -0.15) is 0 Å². The highest BCUT2D eigenvalue weighted by Gasteiger charge is 2.56. The van der Waals surface area contributed by atoms with E-state index in [1.807, 2.05) is 58.0 Å². The molecule has 14 atom stereocenters. The highest BCUT2D eigenvalue weighted by molar-refractivity contribution is 6.39. The van der Waals surface area contributed by atoms with Crippen LogP contribution in [-0.4, -0.2) is 133 Å². The lowest BCUT2D eigenvalue weighted by Crippen LogP contribution is -2.64. The van der Waals surface area contributed by atoms with Crippen molar-refractivity contribution >= 4 is 29.2 Å². The molecular weight excluding hydrogens is 847 g/mol. The minimum atomic E-state index is -2.52. The van der Waals surface area contributed by atoms with E-state index < -0.39 is 77.8 Å². The average Bonchev–Trinajstić information content (AvgIpc) is 3.30. The molecular formula is C52H77NO13. The van der Waals surface area contributed by atoms with Crippen LogP contribution < -0.4 is 0 Å². The lowest BCUT2D eigenvalue weighted by atomic mass is 9.81. The molecule has 1 saturated carbocycles. The number of aliphatic hydroxyl groups is 2. The van der Waals surface area contributed by atoms with Gasteiger partial charge in [0.1, 0.15) is 30.6 Å². The third-order valence-corrected chi connectivity index (χ3v) is 14.6. The predicted octanol–water partition coefficient (Wildman–Crippen LogP) is 6.69. The number of piperidine rings is 1. The number of aryl methyl sites for hydroxylation is 1. The number of ether oxygens (including phenoxy) is 6. The molecule has 2 bridgehead atoms. The molecule has 2 saturated heterocycles. The predicted molar refractivity (Wildman–Crippen MR) is 247 cm³/mol. The molecule has 4 aliphatic rings. The van der Waals surface area contributed by atoms with Gasteiger partial charge in [0.2, 0.25) is 5.79 Å². The number of carbonyl (C=O) groups excluding carboxylic acids is 5. The topological polar surface area (TPSA) is 184 Å². The quantitative estimate of drug-likeness (QED) is 0.110. The summed E-state index contributed by atoms with van der Waals surface area (Å²) in [5, 5.41) is 24.0. The summed E-state index contributed by atoms with van der Waals surface area (Å²) in [5.41, 5.74) is 3.22. The molecule has 1 aromatic carbocycles. The first-order valence-electron chi connectivity index (χ1n) is 24.2. The van der Waals surface area contributed by atoms with Crippen molar-refractivity contribution in [2.45, 2.75) is 174 Å². The second kappa shape index (κ2) is 24.1. The number of amides is 1. The van der Waals surface area contributed by atoms with E-state index >= 15 is 0 Å². The summed E-state index contributed by atoms with van der Waals surface area (Å²) in [4.78, 5) is 71.3. The first-order chi connectivity index (χ1) is 31.3. The van der Waals surface area contributed by atoms with Crippen LogP contribution in [0.25, 0.3) is 0 Å². The van der Waals surface area contributed by atoms with Crippen LogP contribution in [0.4, 0.5) is 0 Å². The van der Waals surface area contributed by atoms with Crippen LogP contribution >= 0.6 is 0 Å². The molecule has 368 valence electrons. The zero-order chi connectivity index (χ0) is 48.5. The molecule has 3 fully saturated rings. The second-order valence-corrected chi connectivity index (χ2v) is 19.7. The summed E-state index contributed by atoms with van der Waals surface area (Å²) < 4.78 is 36.4. The van der Waals surface area contributed by atoms with Gasteiger partial charge < -0.3 is 43.5 Å². The summed E-state index contributed by atoms with van der Waals surface area (Å²) >= 11 is 0. The first kappa shape index (κ1) is 53.3. The van der Waals surface area contributed by atoms with Crippen molar-refractivity contribution < 1.29 is 62.6 Å². The van der Waals surface area contributed by atoms with E-state index in [2.05, 4.69) is 6.92 Å². The number of hydrogen-bond donors (Lipinski definition) is 2. The Hall–Kier alpha value is -3.63. The second-order valence-electron chi connectivity index (χ2n) is 19.7. The van der Waals surface area contributed by atoms with Gasteiger partial charge in [-0.05, 0) is 108 Å². The Bertz CT molecular complexity index is 1910. The highest BCUT2D eigenvalue weighted by Crippen LogP contribution is 2.39. The molecule has 0 spiro atoms. The van der Waals surface area contributed by atoms with E-state index in [4.69, 9.17) is 28.4 Å². The summed E-state index contributed by atoms with van der Waals surface area (Å²) in [7, 11) is 4.68. The molecule has 3 heterocycles. The average molecular weight is 924 g/mol. The number of benzene rings is 1. The maximum absolute atomic E-state index is 14.5. The molecule has 0 radical (unpaired) electrons. The summed E-state index contributed by atoms with van der Waals surface area (Å²) in [6.07, 6.45) is 3.89. The molecule has 1 aromatic rings. The fraction of sp³-hybridized carbons (Fsp3) is 0.712. The number of carbonyl (C=O) groups is 5. The molecule has 2 N–H and O–H groups in total. The number of aliphatic hydroxyl groups excluding tert-OH is 1. The van der Waals surface area contributed by atoms with E-state index in [0.717, 1.165) is 11.1 Å². The Morgan fingerprint density at radius 3 is 2.27 bits per heavy atom. The summed E-state index contributed by atoms with van der Waals surface area (Å²) in [6.45, 7) is 13.1. The van der Waals surface area contributed by atoms with Gasteiger partial charge in [0.25, 0.3) is 11.7 Å². The number of fused-ring (bicyclic) bond motifs is 3. The molecule has 14 nitrogen and oxygen atoms in total. The van der Waals surface area contributed by atoms with Gasteiger partial charge >= 0.3 is 5.97 Å². The smallest absolute Gasteiger partial charge is 0.329 e. The molecule has 3 aliphatic heterocycles. The van der Waals surface area contributed by atoms with Crippen molar-refractivity contribution in [2.75, 3.05) is 34.5 Å². The van der Waals surface area contributed by atoms with Crippen molar-refractivity contribution in [1.82, 2.24) is 4.90 Å². The van der Waals surface area contributed by atoms with Crippen LogP contribution in [0.15, 0.2) is 47.6 Å². The van der Waals surface area contributed by atoms with Crippen LogP contribution in [0.1, 0.15) is 128 Å². The van der Waals surface area contributed by atoms with Crippen molar-refractivity contribution in [3.63, 3.8) is 0 Å². The highest BCUT2D eigenvalue weighted by atomic mass is 16.7. The van der Waals surface area contributed by atoms with Gasteiger partial charge in [-0.25, -0.2) is 4.79 Å². The standard InChI is InChI=1S/C52H77NO13/c1-11-37-23-31(3)21-32(4)24-45(62-9)48-46(63-10)26-34(6)52(60,66-48)49(57)50(58)53-20-13-12-17-39(53)51(59)65-47(35(7)40(54)28-41(37)55)33(5)25-36-18-19-43(44(27-36)61-8)64-29-42(56)38-16-14-15-30(2)22-38/h14-16,22-23,25,32,34-37,39-40,43-48,54,60H,11-13,17-21,24,26-29H2,1-10H3/b31-23+,33-25?. The van der Waals surface area contributed by atoms with E-state index in [9.17, 15) is 34.2 Å². The van der Waals surface area contributed by atoms with Gasteiger partial charge in [0, 0.05) is 57.6 Å². The molecule has 1 aliphatic carbocycles. The van der Waals surface area contributed by atoms with Gasteiger partial charge in [0.05, 0.1) is 30.5 Å². The van der Waals surface area contributed by atoms with Gasteiger partial charge in [0.15, 0.2) is 5.78 Å². The van der Waals surface area contributed by atoms with Gasteiger partial charge in [-0.15, -0.1) is 0 Å². The molecule has 14 unspecified atom stereocenters. The summed E-state index contributed by atoms with van der Waals surface area (Å²) in [5.74, 6) is -7.80. The number of methoxy groups -OCH3 is 3. The molecule has 14 heteroatoms. The Morgan fingerprint density at radius 1 is 0.909 bits per heavy atom. The largest absolute Gasteiger partial charge is 0.456 e. The minimum Gasteiger partial charge on any atom is -0.456 e. The van der Waals surface area contributed by atoms with E-state index in [1.165, 1.54) is 19.1 Å². The fourth-order valence-electron chi connectivity index (χ4n) is 10.6. The Morgan fingerprint density at radius 2 is 1.61 bits per heavy atom. The maximum Gasteiger partial charge on any atom is 0.329 e. The molecule has 66 heavy (non-hydrogen) atoms. The van der Waals surface area contributed by atoms with Crippen LogP contribution in [-0.2, 0) is 47.6 Å². The number of rotatable bonds is 10. The lowest BCUT2D eigenvalue weighted by molar-refractivity contribution is -0.302. The zero-order valence-electron chi connectivity index (χ0n) is 41.0. The third kappa shape index (κ3) is 12.9. The number of allylic oxidation sites excluding steroid dienone is 3. The van der Waals surface area contributed by atoms with Gasteiger partial charge in [-0.3, -0.25) is 19.2 Å². The summed E-state index contributed by atoms with van der Waals surface area (Å²) in [6, 6.07) is 6.24. The Labute approximate surface area is 392 Å². The molecule has 5 rings (SSSR count). The van der Waals surface area contributed by atoms with Crippen molar-refractivity contribution in [3.05, 3.63) is 58.7 Å². The number of cyclic esters (lactones) is 1. The SMILES string of the molecule is CCC1/C=C(\C)CC(C)CC(OC)C2OC(O)(C(=O)C(=O)N3CCCCC3C(=O)OC(C(C)=CC3CCC(OCC(=O)c4cccc(C)c4)C(OC)C3)C(C)C(O)CC1=O)C(C)CC2OC. The fourth-order valence-corrected chi connectivity index (χ4v) is 10.6. The zero-order valence-corrected chi connectivity index (χ0v) is 41.0. The van der Waals surface area contributed by atoms with Crippen molar-refractivity contribution in [2.24, 2.45) is 29.6 Å². The monoisotopic (exact) mass is 924 g/mol. The number of hydrogen-bond acceptors (Lipinski definition) is 13. The molecule has 1 amide bonds. The van der Waals surface area contributed by atoms with Gasteiger partial charge in [-0.1, -0.05) is 69.2 Å². The van der Waals surface area contributed by atoms with Crippen LogP contribution in [0.2, 0.25) is 0 Å². The first-order valence-corrected chi connectivity index (χ1v) is 24.2. The maximum atomic E-state index is 14.5. The van der Waals surface area contributed by atoms with E-state index in [-0.39, 0.29) is 68.0 Å². The van der Waals surface area contributed by atoms with Crippen LogP contribution in [0.5, 0.6) is 0 Å².